The molecular weight excluding hydrogens is 278 g/mol. The van der Waals surface area contributed by atoms with Gasteiger partial charge in [-0.2, -0.15) is 0 Å². The molecule has 5 heteroatoms. The third-order valence-electron chi connectivity index (χ3n) is 3.85. The number of aromatic amines is 2. The fourth-order valence-corrected chi connectivity index (χ4v) is 2.73. The minimum Gasteiger partial charge on any atom is -0.378 e. The van der Waals surface area contributed by atoms with Gasteiger partial charge in [0, 0.05) is 11.7 Å². The summed E-state index contributed by atoms with van der Waals surface area (Å²) in [5, 5.41) is 8.82. The molecule has 3 rings (SSSR count). The summed E-state index contributed by atoms with van der Waals surface area (Å²) in [7, 11) is 0. The van der Waals surface area contributed by atoms with Crippen LogP contribution in [0.1, 0.15) is 24.1 Å². The van der Waals surface area contributed by atoms with E-state index >= 15 is 0 Å². The second-order valence-corrected chi connectivity index (χ2v) is 5.36. The Morgan fingerprint density at radius 3 is 2.45 bits per heavy atom. The Kier molecular flexibility index (Phi) is 3.55. The highest BCUT2D eigenvalue weighted by molar-refractivity contribution is 5.92. The molecule has 1 heterocycles. The van der Waals surface area contributed by atoms with E-state index in [0.717, 1.165) is 5.56 Å². The van der Waals surface area contributed by atoms with E-state index in [1.807, 2.05) is 38.1 Å². The maximum atomic E-state index is 12.1. The van der Waals surface area contributed by atoms with Crippen LogP contribution < -0.4 is 16.4 Å². The molecule has 2 aromatic carbocycles. The number of H-pyrrole nitrogens is 2. The number of hydrogen-bond donors (Lipinski definition) is 3. The van der Waals surface area contributed by atoms with E-state index in [1.54, 1.807) is 12.1 Å². The van der Waals surface area contributed by atoms with Crippen molar-refractivity contribution in [3.8, 4) is 0 Å². The molecule has 1 atom stereocenters. The molecule has 0 radical (unpaired) electrons. The third-order valence-corrected chi connectivity index (χ3v) is 3.85. The number of aryl methyl sites for hydroxylation is 1. The lowest BCUT2D eigenvalue weighted by atomic mass is 10.0. The van der Waals surface area contributed by atoms with Crippen LogP contribution in [0.2, 0.25) is 0 Å². The number of rotatable bonds is 3. The topological polar surface area (TPSA) is 77.8 Å². The first kappa shape index (κ1) is 14.1. The molecule has 0 saturated carbocycles. The van der Waals surface area contributed by atoms with Gasteiger partial charge in [0.15, 0.2) is 0 Å². The number of hydrogen-bond acceptors (Lipinski definition) is 3. The molecule has 0 aliphatic heterocycles. The molecule has 0 aliphatic rings. The van der Waals surface area contributed by atoms with Crippen LogP contribution in [0.3, 0.4) is 0 Å². The zero-order valence-electron chi connectivity index (χ0n) is 12.4. The first-order chi connectivity index (χ1) is 10.6. The Bertz CT molecular complexity index is 940. The van der Waals surface area contributed by atoms with Gasteiger partial charge in [0.25, 0.3) is 11.1 Å². The Morgan fingerprint density at radius 2 is 1.68 bits per heavy atom. The van der Waals surface area contributed by atoms with Crippen molar-refractivity contribution in [2.24, 2.45) is 0 Å². The van der Waals surface area contributed by atoms with Crippen LogP contribution in [0.15, 0.2) is 52.1 Å². The summed E-state index contributed by atoms with van der Waals surface area (Å²) >= 11 is 0. The van der Waals surface area contributed by atoms with Crippen molar-refractivity contribution in [1.82, 2.24) is 10.2 Å². The average Bonchev–Trinajstić information content (AvgIpc) is 2.51. The summed E-state index contributed by atoms with van der Waals surface area (Å²) in [4.78, 5) is 23.9. The molecule has 3 N–H and O–H groups in total. The Labute approximate surface area is 127 Å². The van der Waals surface area contributed by atoms with Crippen LogP contribution in [0.5, 0.6) is 0 Å². The molecule has 1 unspecified atom stereocenters. The first-order valence-electron chi connectivity index (χ1n) is 7.13. The van der Waals surface area contributed by atoms with E-state index in [4.69, 9.17) is 0 Å². The van der Waals surface area contributed by atoms with Gasteiger partial charge < -0.3 is 5.32 Å². The predicted octanol–water partition coefficient (Wildman–Crippen LogP) is 2.70. The van der Waals surface area contributed by atoms with Gasteiger partial charge in [0.1, 0.15) is 0 Å². The number of aromatic nitrogens is 2. The van der Waals surface area contributed by atoms with Crippen LogP contribution in [0.4, 0.5) is 5.69 Å². The first-order valence-corrected chi connectivity index (χ1v) is 7.13. The largest absolute Gasteiger partial charge is 0.378 e. The molecule has 3 aromatic rings. The maximum absolute atomic E-state index is 12.1. The zero-order valence-corrected chi connectivity index (χ0v) is 12.4. The highest BCUT2D eigenvalue weighted by Crippen LogP contribution is 2.24. The third kappa shape index (κ3) is 2.41. The van der Waals surface area contributed by atoms with Crippen LogP contribution in [0.25, 0.3) is 10.8 Å². The maximum Gasteiger partial charge on any atom is 0.272 e. The van der Waals surface area contributed by atoms with Crippen molar-refractivity contribution in [3.05, 3.63) is 74.3 Å². The molecular formula is C17H17N3O2. The van der Waals surface area contributed by atoms with E-state index in [0.29, 0.717) is 16.5 Å². The van der Waals surface area contributed by atoms with Gasteiger partial charge in [-0.15, -0.1) is 0 Å². The van der Waals surface area contributed by atoms with E-state index in [1.165, 1.54) is 5.56 Å². The highest BCUT2D eigenvalue weighted by atomic mass is 16.1. The smallest absolute Gasteiger partial charge is 0.272 e. The van der Waals surface area contributed by atoms with Crippen LogP contribution in [-0.4, -0.2) is 10.2 Å². The van der Waals surface area contributed by atoms with E-state index < -0.39 is 0 Å². The number of fused-ring (bicyclic) bond motifs is 1. The van der Waals surface area contributed by atoms with Crippen molar-refractivity contribution in [3.63, 3.8) is 0 Å². The van der Waals surface area contributed by atoms with Crippen molar-refractivity contribution in [1.29, 1.82) is 0 Å². The molecule has 112 valence electrons. The monoisotopic (exact) mass is 295 g/mol. The fraction of sp³-hybridized carbons (Fsp3) is 0.176. The van der Waals surface area contributed by atoms with Gasteiger partial charge in [-0.1, -0.05) is 30.3 Å². The van der Waals surface area contributed by atoms with Crippen LogP contribution in [-0.2, 0) is 0 Å². The molecule has 22 heavy (non-hydrogen) atoms. The molecule has 0 bridgehead atoms. The highest BCUT2D eigenvalue weighted by Gasteiger charge is 2.12. The minimum absolute atomic E-state index is 0.0190. The van der Waals surface area contributed by atoms with Crippen molar-refractivity contribution < 1.29 is 0 Å². The minimum atomic E-state index is -0.310. The van der Waals surface area contributed by atoms with Crippen molar-refractivity contribution >= 4 is 16.5 Å². The quantitative estimate of drug-likeness (QED) is 0.695. The SMILES string of the molecule is Cc1ccccc1C(C)Nc1cccc2c(=O)[nH][nH]c(=O)c12. The van der Waals surface area contributed by atoms with Gasteiger partial charge in [-0.25, -0.2) is 0 Å². The molecule has 0 fully saturated rings. The lowest BCUT2D eigenvalue weighted by Crippen LogP contribution is -2.20. The summed E-state index contributed by atoms with van der Waals surface area (Å²) in [5.41, 5.74) is 2.37. The zero-order chi connectivity index (χ0) is 15.7. The summed E-state index contributed by atoms with van der Waals surface area (Å²) < 4.78 is 0. The Balaban J connectivity index is 2.09. The van der Waals surface area contributed by atoms with Gasteiger partial charge in [-0.05, 0) is 37.1 Å². The lowest BCUT2D eigenvalue weighted by molar-refractivity contribution is 0.875. The predicted molar refractivity (Wildman–Crippen MR) is 88.4 cm³/mol. The van der Waals surface area contributed by atoms with E-state index in [9.17, 15) is 9.59 Å². The lowest BCUT2D eigenvalue weighted by Gasteiger charge is -2.18. The average molecular weight is 295 g/mol. The fourth-order valence-electron chi connectivity index (χ4n) is 2.73. The standard InChI is InChI=1S/C17H17N3O2/c1-10-6-3-4-7-12(10)11(2)18-14-9-5-8-13-15(14)17(22)20-19-16(13)21/h3-9,11,18H,1-2H3,(H,19,21)(H,20,22). The summed E-state index contributed by atoms with van der Waals surface area (Å²) in [6.07, 6.45) is 0. The molecule has 0 saturated heterocycles. The van der Waals surface area contributed by atoms with Gasteiger partial charge >= 0.3 is 0 Å². The summed E-state index contributed by atoms with van der Waals surface area (Å²) in [6.45, 7) is 4.08. The Morgan fingerprint density at radius 1 is 0.955 bits per heavy atom. The van der Waals surface area contributed by atoms with Gasteiger partial charge in [-0.3, -0.25) is 19.8 Å². The van der Waals surface area contributed by atoms with Crippen molar-refractivity contribution in [2.75, 3.05) is 5.32 Å². The molecule has 0 aliphatic carbocycles. The number of benzene rings is 2. The summed E-state index contributed by atoms with van der Waals surface area (Å²) in [6, 6.07) is 13.3. The normalized spacial score (nSPS) is 12.3. The molecule has 0 amide bonds. The molecule has 1 aromatic heterocycles. The van der Waals surface area contributed by atoms with Gasteiger partial charge in [0.2, 0.25) is 0 Å². The molecule has 0 spiro atoms. The van der Waals surface area contributed by atoms with Crippen LogP contribution >= 0.6 is 0 Å². The molecule has 5 nitrogen and oxygen atoms in total. The number of anilines is 1. The van der Waals surface area contributed by atoms with Crippen molar-refractivity contribution in [2.45, 2.75) is 19.9 Å². The van der Waals surface area contributed by atoms with E-state index in [2.05, 4.69) is 21.6 Å². The van der Waals surface area contributed by atoms with Crippen LogP contribution in [0, 0.1) is 6.92 Å². The second kappa shape index (κ2) is 5.52. The van der Waals surface area contributed by atoms with E-state index in [-0.39, 0.29) is 17.2 Å². The number of nitrogens with one attached hydrogen (secondary N) is 3. The second-order valence-electron chi connectivity index (χ2n) is 5.36. The Hall–Kier alpha value is -2.82. The summed E-state index contributed by atoms with van der Waals surface area (Å²) in [5.74, 6) is 0. The van der Waals surface area contributed by atoms with Gasteiger partial charge in [0.05, 0.1) is 10.8 Å².